The summed E-state index contributed by atoms with van der Waals surface area (Å²) in [5, 5.41) is 9.26. The Morgan fingerprint density at radius 3 is 2.92 bits per heavy atom. The molecule has 0 radical (unpaired) electrons. The van der Waals surface area contributed by atoms with Crippen LogP contribution >= 0.6 is 11.6 Å². The Bertz CT molecular complexity index is 778. The van der Waals surface area contributed by atoms with Gasteiger partial charge < -0.3 is 14.6 Å². The van der Waals surface area contributed by atoms with Gasteiger partial charge in [-0.2, -0.15) is 0 Å². The van der Waals surface area contributed by atoms with E-state index in [4.69, 9.17) is 26.2 Å². The van der Waals surface area contributed by atoms with E-state index in [1.54, 1.807) is 6.07 Å². The van der Waals surface area contributed by atoms with Crippen LogP contribution in [-0.4, -0.2) is 42.3 Å². The van der Waals surface area contributed by atoms with Crippen LogP contribution in [0.5, 0.6) is 11.5 Å². The number of hydrogen-bond acceptors (Lipinski definition) is 4. The molecule has 0 fully saturated rings. The maximum atomic E-state index is 10.9. The molecule has 3 rings (SSSR count). The molecular formula is C19H20ClNO4. The Morgan fingerprint density at radius 2 is 2.16 bits per heavy atom. The summed E-state index contributed by atoms with van der Waals surface area (Å²) in [6.07, 6.45) is 0. The summed E-state index contributed by atoms with van der Waals surface area (Å²) in [6, 6.07) is 10.7. The number of fused-ring (bicyclic) bond motifs is 1. The summed E-state index contributed by atoms with van der Waals surface area (Å²) in [4.78, 5) is 13.2. The molecule has 1 aliphatic rings. The maximum Gasteiger partial charge on any atom is 0.335 e. The highest BCUT2D eigenvalue weighted by atomic mass is 35.5. The number of carbonyl (C=O) groups is 1. The summed E-state index contributed by atoms with van der Waals surface area (Å²) in [7, 11) is 0. The summed E-state index contributed by atoms with van der Waals surface area (Å²) in [5.74, 6) is 0.433. The summed E-state index contributed by atoms with van der Waals surface area (Å²) < 4.78 is 11.5. The Morgan fingerprint density at radius 1 is 1.32 bits per heavy atom. The predicted octanol–water partition coefficient (Wildman–Crippen LogP) is 3.62. The molecule has 0 unspecified atom stereocenters. The Balaban J connectivity index is 1.58. The zero-order chi connectivity index (χ0) is 17.8. The number of hydrogen-bond donors (Lipinski definition) is 1. The zero-order valence-corrected chi connectivity index (χ0v) is 14.8. The van der Waals surface area contributed by atoms with Gasteiger partial charge in [-0.1, -0.05) is 29.3 Å². The second-order valence-electron chi connectivity index (χ2n) is 6.03. The predicted molar refractivity (Wildman–Crippen MR) is 95.9 cm³/mol. The van der Waals surface area contributed by atoms with E-state index in [9.17, 15) is 4.79 Å². The molecule has 132 valence electrons. The molecule has 0 aromatic heterocycles. The van der Waals surface area contributed by atoms with Crippen LogP contribution in [0, 0.1) is 6.92 Å². The number of carboxylic acid groups (broad SMARTS) is 1. The molecule has 0 amide bonds. The molecule has 25 heavy (non-hydrogen) atoms. The van der Waals surface area contributed by atoms with E-state index in [1.165, 1.54) is 23.3 Å². The molecule has 0 bridgehead atoms. The molecule has 0 aliphatic carbocycles. The molecular weight excluding hydrogens is 342 g/mol. The van der Waals surface area contributed by atoms with Crippen molar-refractivity contribution in [2.75, 3.05) is 26.3 Å². The van der Waals surface area contributed by atoms with E-state index in [0.29, 0.717) is 24.0 Å². The van der Waals surface area contributed by atoms with Crippen molar-refractivity contribution in [2.24, 2.45) is 0 Å². The number of aryl methyl sites for hydroxylation is 1. The van der Waals surface area contributed by atoms with E-state index in [2.05, 4.69) is 24.0 Å². The van der Waals surface area contributed by atoms with Gasteiger partial charge >= 0.3 is 5.97 Å². The maximum absolute atomic E-state index is 10.9. The van der Waals surface area contributed by atoms with Crippen LogP contribution in [-0.2, 0) is 6.54 Å². The minimum absolute atomic E-state index is 0.147. The van der Waals surface area contributed by atoms with Gasteiger partial charge in [-0.3, -0.25) is 4.90 Å². The average Bonchev–Trinajstić information content (AvgIpc) is 2.77. The van der Waals surface area contributed by atoms with Crippen LogP contribution in [0.4, 0.5) is 0 Å². The quantitative estimate of drug-likeness (QED) is 0.881. The van der Waals surface area contributed by atoms with Gasteiger partial charge in [-0.25, -0.2) is 4.79 Å². The van der Waals surface area contributed by atoms with Crippen molar-refractivity contribution in [3.63, 3.8) is 0 Å². The van der Waals surface area contributed by atoms with Crippen LogP contribution in [0.1, 0.15) is 21.5 Å². The normalized spacial score (nSPS) is 14.3. The monoisotopic (exact) mass is 361 g/mol. The molecule has 1 N–H and O–H groups in total. The Kier molecular flexibility index (Phi) is 5.46. The largest absolute Gasteiger partial charge is 0.492 e. The molecule has 2 aromatic carbocycles. The first-order valence-electron chi connectivity index (χ1n) is 8.13. The lowest BCUT2D eigenvalue weighted by atomic mass is 10.1. The smallest absolute Gasteiger partial charge is 0.335 e. The highest BCUT2D eigenvalue weighted by Gasteiger charge is 2.15. The number of benzene rings is 2. The van der Waals surface area contributed by atoms with Gasteiger partial charge in [0.1, 0.15) is 24.7 Å². The number of aromatic carboxylic acids is 1. The fraction of sp³-hybridized carbons (Fsp3) is 0.316. The standard InChI is InChI=1S/C19H20ClNO4/c1-13-2-4-17-15(10-13)12-21(6-8-24-17)7-9-25-18-5-3-14(19(22)23)11-16(18)20/h2-5,10-11H,6-9,12H2,1H3,(H,22,23). The van der Waals surface area contributed by atoms with Crippen molar-refractivity contribution < 1.29 is 19.4 Å². The molecule has 0 spiro atoms. The van der Waals surface area contributed by atoms with Crippen LogP contribution in [0.15, 0.2) is 36.4 Å². The van der Waals surface area contributed by atoms with Crippen molar-refractivity contribution in [3.05, 3.63) is 58.1 Å². The van der Waals surface area contributed by atoms with Gasteiger partial charge in [0, 0.05) is 25.2 Å². The average molecular weight is 362 g/mol. The summed E-state index contributed by atoms with van der Waals surface area (Å²) >= 11 is 6.08. The fourth-order valence-electron chi connectivity index (χ4n) is 2.80. The molecule has 0 atom stereocenters. The minimum Gasteiger partial charge on any atom is -0.492 e. The SMILES string of the molecule is Cc1ccc2c(c1)CN(CCOc1ccc(C(=O)O)cc1Cl)CCO2. The topological polar surface area (TPSA) is 59.0 Å². The van der Waals surface area contributed by atoms with Gasteiger partial charge in [0.2, 0.25) is 0 Å². The van der Waals surface area contributed by atoms with Crippen molar-refractivity contribution in [2.45, 2.75) is 13.5 Å². The molecule has 1 heterocycles. The van der Waals surface area contributed by atoms with Crippen molar-refractivity contribution in [3.8, 4) is 11.5 Å². The van der Waals surface area contributed by atoms with Crippen LogP contribution in [0.25, 0.3) is 0 Å². The lowest BCUT2D eigenvalue weighted by molar-refractivity contribution is 0.0697. The van der Waals surface area contributed by atoms with Gasteiger partial charge in [-0.05, 0) is 31.2 Å². The molecule has 0 saturated heterocycles. The third kappa shape index (κ3) is 4.44. The molecule has 2 aromatic rings. The third-order valence-corrected chi connectivity index (χ3v) is 4.41. The van der Waals surface area contributed by atoms with Gasteiger partial charge in [0.15, 0.2) is 0 Å². The number of ether oxygens (including phenoxy) is 2. The van der Waals surface area contributed by atoms with Crippen LogP contribution in [0.2, 0.25) is 5.02 Å². The Labute approximate surface area is 151 Å². The van der Waals surface area contributed by atoms with Crippen molar-refractivity contribution >= 4 is 17.6 Å². The minimum atomic E-state index is -1.01. The Hall–Kier alpha value is -2.24. The molecule has 0 saturated carbocycles. The van der Waals surface area contributed by atoms with E-state index in [-0.39, 0.29) is 5.56 Å². The van der Waals surface area contributed by atoms with E-state index in [0.717, 1.165) is 25.4 Å². The zero-order valence-electron chi connectivity index (χ0n) is 14.0. The third-order valence-electron chi connectivity index (χ3n) is 4.12. The van der Waals surface area contributed by atoms with Crippen molar-refractivity contribution in [1.29, 1.82) is 0 Å². The number of halogens is 1. The highest BCUT2D eigenvalue weighted by Crippen LogP contribution is 2.26. The lowest BCUT2D eigenvalue weighted by Gasteiger charge is -2.19. The first-order valence-corrected chi connectivity index (χ1v) is 8.51. The second-order valence-corrected chi connectivity index (χ2v) is 6.44. The number of nitrogens with zero attached hydrogens (tertiary/aromatic N) is 1. The van der Waals surface area contributed by atoms with Gasteiger partial charge in [-0.15, -0.1) is 0 Å². The number of rotatable bonds is 5. The summed E-state index contributed by atoms with van der Waals surface area (Å²) in [5.41, 5.74) is 2.54. The second kappa shape index (κ2) is 7.76. The molecule has 5 nitrogen and oxygen atoms in total. The van der Waals surface area contributed by atoms with E-state index >= 15 is 0 Å². The summed E-state index contributed by atoms with van der Waals surface area (Å²) in [6.45, 7) is 5.54. The van der Waals surface area contributed by atoms with Crippen LogP contribution < -0.4 is 9.47 Å². The van der Waals surface area contributed by atoms with E-state index < -0.39 is 5.97 Å². The van der Waals surface area contributed by atoms with Gasteiger partial charge in [0.05, 0.1) is 10.6 Å². The van der Waals surface area contributed by atoms with Crippen molar-refractivity contribution in [1.82, 2.24) is 4.90 Å². The van der Waals surface area contributed by atoms with Crippen LogP contribution in [0.3, 0.4) is 0 Å². The molecule has 6 heteroatoms. The highest BCUT2D eigenvalue weighted by molar-refractivity contribution is 6.32. The first-order chi connectivity index (χ1) is 12.0. The van der Waals surface area contributed by atoms with Gasteiger partial charge in [0.25, 0.3) is 0 Å². The number of carboxylic acids is 1. The fourth-order valence-corrected chi connectivity index (χ4v) is 3.04. The molecule has 1 aliphatic heterocycles. The van der Waals surface area contributed by atoms with E-state index in [1.807, 2.05) is 6.07 Å². The lowest BCUT2D eigenvalue weighted by Crippen LogP contribution is -2.30. The first kappa shape index (κ1) is 17.6.